The Labute approximate surface area is 141 Å². The summed E-state index contributed by atoms with van der Waals surface area (Å²) in [6.45, 7) is 1.72. The fourth-order valence-electron chi connectivity index (χ4n) is 1.39. The van der Waals surface area contributed by atoms with E-state index in [1.54, 1.807) is 36.6 Å². The highest BCUT2D eigenvalue weighted by molar-refractivity contribution is 14.1. The third-order valence-electron chi connectivity index (χ3n) is 2.60. The molecule has 0 unspecified atom stereocenters. The molecular weight excluding hydrogens is 411 g/mol. The van der Waals surface area contributed by atoms with E-state index < -0.39 is 24.0 Å². The van der Waals surface area contributed by atoms with Gasteiger partial charge in [-0.05, 0) is 13.5 Å². The number of amides is 1. The zero-order chi connectivity index (χ0) is 16.4. The van der Waals surface area contributed by atoms with Crippen LogP contribution in [0.5, 0.6) is 0 Å². The van der Waals surface area contributed by atoms with E-state index in [-0.39, 0.29) is 27.5 Å². The molecule has 0 bridgehead atoms. The predicted molar refractivity (Wildman–Crippen MR) is 88.4 cm³/mol. The summed E-state index contributed by atoms with van der Waals surface area (Å²) in [6.07, 6.45) is 0.338. The maximum Gasteiger partial charge on any atom is 0.303 e. The molecule has 0 saturated carbocycles. The molecule has 0 aliphatic rings. The maximum atomic E-state index is 12.0. The summed E-state index contributed by atoms with van der Waals surface area (Å²) in [5.74, 6) is -1.26. The normalized spacial score (nSPS) is 13.3. The lowest BCUT2D eigenvalue weighted by Gasteiger charge is -2.19. The number of likely N-dealkylation sites (N-methyl/N-ethyl adjacent to an activating group) is 1. The van der Waals surface area contributed by atoms with Crippen LogP contribution in [0.2, 0.25) is 0 Å². The lowest BCUT2D eigenvalue weighted by atomic mass is 10.1. The summed E-state index contributed by atoms with van der Waals surface area (Å²) >= 11 is 2.57. The van der Waals surface area contributed by atoms with E-state index in [4.69, 9.17) is 5.11 Å². The van der Waals surface area contributed by atoms with Gasteiger partial charge in [-0.3, -0.25) is 19.2 Å². The molecule has 7 nitrogen and oxygen atoms in total. The highest BCUT2D eigenvalue weighted by Gasteiger charge is 2.24. The van der Waals surface area contributed by atoms with Crippen LogP contribution in [0.25, 0.3) is 0 Å². The van der Waals surface area contributed by atoms with Crippen molar-refractivity contribution in [3.63, 3.8) is 0 Å². The van der Waals surface area contributed by atoms with Crippen molar-refractivity contribution >= 4 is 55.1 Å². The van der Waals surface area contributed by atoms with E-state index in [9.17, 15) is 19.2 Å². The van der Waals surface area contributed by atoms with Gasteiger partial charge in [0.05, 0.1) is 6.04 Å². The monoisotopic (exact) mass is 430 g/mol. The van der Waals surface area contributed by atoms with Gasteiger partial charge in [-0.25, -0.2) is 0 Å². The summed E-state index contributed by atoms with van der Waals surface area (Å²) in [5.41, 5.74) is 0. The SMILES string of the molecule is CCC(=O)SC[C@H](NC(=O)[C@H](CCC(=O)O)NC)C(=O)I. The quantitative estimate of drug-likeness (QED) is 0.343. The van der Waals surface area contributed by atoms with Gasteiger partial charge in [0, 0.05) is 41.2 Å². The second kappa shape index (κ2) is 11.0. The molecule has 0 aliphatic heterocycles. The van der Waals surface area contributed by atoms with Crippen LogP contribution in [0, 0.1) is 0 Å². The number of aliphatic carboxylic acids is 1. The van der Waals surface area contributed by atoms with Crippen LogP contribution in [0.4, 0.5) is 0 Å². The van der Waals surface area contributed by atoms with Crippen molar-refractivity contribution in [3.8, 4) is 0 Å². The molecule has 0 heterocycles. The van der Waals surface area contributed by atoms with Crippen LogP contribution in [-0.2, 0) is 19.2 Å². The third-order valence-corrected chi connectivity index (χ3v) is 4.46. The Balaban J connectivity index is 4.53. The van der Waals surface area contributed by atoms with Crippen LogP contribution in [0.3, 0.4) is 0 Å². The van der Waals surface area contributed by atoms with E-state index >= 15 is 0 Å². The first-order chi connectivity index (χ1) is 9.81. The fourth-order valence-corrected chi connectivity index (χ4v) is 2.86. The molecule has 0 spiro atoms. The third kappa shape index (κ3) is 9.04. The van der Waals surface area contributed by atoms with Crippen molar-refractivity contribution in [2.45, 2.75) is 38.3 Å². The molecule has 9 heteroatoms. The van der Waals surface area contributed by atoms with Crippen molar-refractivity contribution in [2.75, 3.05) is 12.8 Å². The smallest absolute Gasteiger partial charge is 0.303 e. The molecule has 1 amide bonds. The Hall–Kier alpha value is -0.680. The Kier molecular flexibility index (Phi) is 10.6. The Morgan fingerprint density at radius 1 is 1.24 bits per heavy atom. The maximum absolute atomic E-state index is 12.0. The molecular formula is C12H19IN2O5S. The molecule has 0 radical (unpaired) electrons. The van der Waals surface area contributed by atoms with Crippen LogP contribution in [-0.4, -0.2) is 50.8 Å². The number of carboxylic acid groups (broad SMARTS) is 1. The summed E-state index contributed by atoms with van der Waals surface area (Å²) in [5, 5.41) is 13.8. The molecule has 120 valence electrons. The van der Waals surface area contributed by atoms with Crippen molar-refractivity contribution in [2.24, 2.45) is 0 Å². The molecule has 0 aromatic heterocycles. The first kappa shape index (κ1) is 20.3. The molecule has 21 heavy (non-hydrogen) atoms. The topological polar surface area (TPSA) is 113 Å². The number of halogens is 1. The lowest BCUT2D eigenvalue weighted by molar-refractivity contribution is -0.137. The van der Waals surface area contributed by atoms with E-state index in [0.29, 0.717) is 6.42 Å². The van der Waals surface area contributed by atoms with Gasteiger partial charge >= 0.3 is 5.97 Å². The van der Waals surface area contributed by atoms with Gasteiger partial charge in [-0.1, -0.05) is 18.7 Å². The second-order valence-electron chi connectivity index (χ2n) is 4.18. The van der Waals surface area contributed by atoms with E-state index in [2.05, 4.69) is 10.6 Å². The summed E-state index contributed by atoms with van der Waals surface area (Å²) < 4.78 is -0.273. The van der Waals surface area contributed by atoms with E-state index in [1.165, 1.54) is 0 Å². The predicted octanol–water partition coefficient (Wildman–Crippen LogP) is 0.555. The molecule has 3 N–H and O–H groups in total. The summed E-state index contributed by atoms with van der Waals surface area (Å²) in [6, 6.07) is -1.45. The molecule has 0 fully saturated rings. The highest BCUT2D eigenvalue weighted by Crippen LogP contribution is 2.10. The van der Waals surface area contributed by atoms with Crippen molar-refractivity contribution in [1.29, 1.82) is 0 Å². The van der Waals surface area contributed by atoms with Crippen molar-refractivity contribution in [3.05, 3.63) is 0 Å². The van der Waals surface area contributed by atoms with E-state index in [0.717, 1.165) is 11.8 Å². The van der Waals surface area contributed by atoms with E-state index in [1.807, 2.05) is 0 Å². The van der Waals surface area contributed by atoms with Gasteiger partial charge in [0.1, 0.15) is 6.04 Å². The largest absolute Gasteiger partial charge is 0.481 e. The highest BCUT2D eigenvalue weighted by atomic mass is 127. The van der Waals surface area contributed by atoms with Gasteiger partial charge < -0.3 is 15.7 Å². The molecule has 0 aliphatic carbocycles. The standard InChI is InChI=1S/C12H19IN2O5S/c1-3-10(18)21-6-8(11(13)19)15-12(20)7(14-2)4-5-9(16)17/h7-8,14H,3-6H2,1-2H3,(H,15,20)(H,16,17)/t7-,8-/m0/s1. The molecule has 2 atom stereocenters. The van der Waals surface area contributed by atoms with Crippen LogP contribution in [0.15, 0.2) is 0 Å². The lowest BCUT2D eigenvalue weighted by Crippen LogP contribution is -2.49. The van der Waals surface area contributed by atoms with Crippen LogP contribution >= 0.6 is 34.4 Å². The molecule has 0 aromatic rings. The van der Waals surface area contributed by atoms with Gasteiger partial charge in [0.2, 0.25) is 9.70 Å². The number of rotatable bonds is 10. The van der Waals surface area contributed by atoms with Gasteiger partial charge in [-0.15, -0.1) is 0 Å². The summed E-state index contributed by atoms with van der Waals surface area (Å²) in [4.78, 5) is 45.3. The van der Waals surface area contributed by atoms with Crippen LogP contribution < -0.4 is 10.6 Å². The molecule has 0 aromatic carbocycles. The second-order valence-corrected chi connectivity index (χ2v) is 6.32. The average molecular weight is 430 g/mol. The first-order valence-electron chi connectivity index (χ1n) is 6.36. The van der Waals surface area contributed by atoms with Gasteiger partial charge in [-0.2, -0.15) is 0 Å². The number of thioether (sulfide) groups is 1. The Morgan fingerprint density at radius 3 is 2.29 bits per heavy atom. The fraction of sp³-hybridized carbons (Fsp3) is 0.667. The number of hydrogen-bond acceptors (Lipinski definition) is 6. The number of carbonyl (C=O) groups excluding carboxylic acids is 3. The van der Waals surface area contributed by atoms with Gasteiger partial charge in [0.15, 0.2) is 5.12 Å². The number of carbonyl (C=O) groups is 4. The minimum Gasteiger partial charge on any atom is -0.481 e. The minimum atomic E-state index is -0.992. The zero-order valence-corrected chi connectivity index (χ0v) is 14.8. The summed E-state index contributed by atoms with van der Waals surface area (Å²) in [7, 11) is 1.54. The Morgan fingerprint density at radius 2 is 1.86 bits per heavy atom. The van der Waals surface area contributed by atoms with Crippen LogP contribution in [0.1, 0.15) is 26.2 Å². The molecule has 0 rings (SSSR count). The number of carboxylic acids is 1. The van der Waals surface area contributed by atoms with Gasteiger partial charge in [0.25, 0.3) is 0 Å². The first-order valence-corrected chi connectivity index (χ1v) is 8.42. The van der Waals surface area contributed by atoms with Crippen molar-refractivity contribution < 1.29 is 24.3 Å². The average Bonchev–Trinajstić information content (AvgIpc) is 2.42. The number of hydrogen-bond donors (Lipinski definition) is 3. The zero-order valence-electron chi connectivity index (χ0n) is 11.8. The number of nitrogens with one attached hydrogen (secondary N) is 2. The minimum absolute atomic E-state index is 0.0528. The van der Waals surface area contributed by atoms with Crippen molar-refractivity contribution in [1.82, 2.24) is 10.6 Å². The Bertz CT molecular complexity index is 405. The molecule has 0 saturated heterocycles.